The molecule has 0 radical (unpaired) electrons. The predicted octanol–water partition coefficient (Wildman–Crippen LogP) is 4.95. The van der Waals surface area contributed by atoms with Crippen molar-refractivity contribution in [2.45, 2.75) is 129 Å². The summed E-state index contributed by atoms with van der Waals surface area (Å²) >= 11 is 0. The molecule has 0 aliphatic rings. The third kappa shape index (κ3) is 19.3. The Morgan fingerprint density at radius 2 is 0.935 bits per heavy atom. The van der Waals surface area contributed by atoms with E-state index in [4.69, 9.17) is 32.4 Å². The summed E-state index contributed by atoms with van der Waals surface area (Å²) in [5.74, 6) is 1.40. The fraction of sp³-hybridized carbons (Fsp3) is 0.778. The largest absolute Gasteiger partial charge is 0.492 e. The summed E-state index contributed by atoms with van der Waals surface area (Å²) in [5, 5.41) is 0. The van der Waals surface area contributed by atoms with Gasteiger partial charge in [0.15, 0.2) is 0 Å². The third-order valence-electron chi connectivity index (χ3n) is 8.34. The minimum atomic E-state index is -0.502. The highest BCUT2D eigenvalue weighted by Gasteiger charge is 2.21. The number of carbonyl (C=O) groups is 2. The lowest BCUT2D eigenvalue weighted by Gasteiger charge is -2.26. The average Bonchev–Trinajstić information content (AvgIpc) is 3.06. The van der Waals surface area contributed by atoms with Crippen LogP contribution in [0.4, 0.5) is 0 Å². The quantitative estimate of drug-likeness (QED) is 0.0851. The first-order chi connectivity index (χ1) is 22.4. The second-order valence-electron chi connectivity index (χ2n) is 12.4. The minimum absolute atomic E-state index is 0.00939. The lowest BCUT2D eigenvalue weighted by molar-refractivity contribution is -0.134. The van der Waals surface area contributed by atoms with E-state index in [1.54, 1.807) is 0 Å². The van der Waals surface area contributed by atoms with Crippen molar-refractivity contribution in [1.29, 1.82) is 0 Å². The Morgan fingerprint density at radius 3 is 1.28 bits per heavy atom. The highest BCUT2D eigenvalue weighted by molar-refractivity contribution is 5.82. The van der Waals surface area contributed by atoms with E-state index in [9.17, 15) is 9.59 Å². The number of hydrogen-bond donors (Lipinski definition) is 4. The normalized spacial score (nSPS) is 12.5. The molecule has 0 heterocycles. The summed E-state index contributed by atoms with van der Waals surface area (Å²) in [7, 11) is 0. The minimum Gasteiger partial charge on any atom is -0.492 e. The number of carbonyl (C=O) groups excluding carboxylic acids is 2. The van der Waals surface area contributed by atoms with Gasteiger partial charge < -0.3 is 42.2 Å². The molecule has 0 aromatic heterocycles. The fourth-order valence-electron chi connectivity index (χ4n) is 5.39. The van der Waals surface area contributed by atoms with Gasteiger partial charge in [-0.25, -0.2) is 0 Å². The molecule has 2 atom stereocenters. The molecular weight excluding hydrogens is 580 g/mol. The topological polar surface area (TPSA) is 163 Å². The van der Waals surface area contributed by atoms with Gasteiger partial charge in [-0.05, 0) is 75.9 Å². The lowest BCUT2D eigenvalue weighted by Crippen LogP contribution is -2.45. The van der Waals surface area contributed by atoms with Crippen LogP contribution >= 0.6 is 0 Å². The lowest BCUT2D eigenvalue weighted by atomic mass is 10.1. The van der Waals surface area contributed by atoms with Crippen LogP contribution in [0.25, 0.3) is 0 Å². The van der Waals surface area contributed by atoms with Crippen molar-refractivity contribution in [3.8, 4) is 11.5 Å². The molecule has 0 saturated heterocycles. The van der Waals surface area contributed by atoms with Crippen LogP contribution in [0.3, 0.4) is 0 Å². The Kier molecular flexibility index (Phi) is 25.1. The number of hydrogen-bond acceptors (Lipinski definition) is 8. The predicted molar refractivity (Wildman–Crippen MR) is 190 cm³/mol. The van der Waals surface area contributed by atoms with Gasteiger partial charge in [-0.15, -0.1) is 0 Å². The zero-order chi connectivity index (χ0) is 33.8. The molecular formula is C36H68N6O4. The Bertz CT molecular complexity index is 817. The summed E-state index contributed by atoms with van der Waals surface area (Å²) in [5.41, 5.74) is 23.7. The molecule has 0 spiro atoms. The SMILES string of the molecule is CCCCCCCN(CCOc1ccc(OCCN(CCCCCCC)C(=O)[C@@H](N)CCCCN)cc1)C(=O)[C@@H](N)CCCCN. The number of benzene rings is 1. The molecule has 2 amide bonds. The van der Waals surface area contributed by atoms with Gasteiger partial charge in [-0.1, -0.05) is 78.1 Å². The summed E-state index contributed by atoms with van der Waals surface area (Å²) in [4.78, 5) is 29.9. The van der Waals surface area contributed by atoms with E-state index < -0.39 is 12.1 Å². The van der Waals surface area contributed by atoms with Crippen LogP contribution in [-0.4, -0.2) is 86.2 Å². The Balaban J connectivity index is 2.62. The molecule has 0 fully saturated rings. The molecule has 1 rings (SSSR count). The number of ether oxygens (including phenoxy) is 2. The summed E-state index contributed by atoms with van der Waals surface area (Å²) in [6, 6.07) is 6.48. The molecule has 10 heteroatoms. The van der Waals surface area contributed by atoms with Crippen molar-refractivity contribution in [3.63, 3.8) is 0 Å². The summed E-state index contributed by atoms with van der Waals surface area (Å²) in [6.07, 6.45) is 16.1. The third-order valence-corrected chi connectivity index (χ3v) is 8.34. The first-order valence-corrected chi connectivity index (χ1v) is 18.2. The molecule has 0 saturated carbocycles. The Morgan fingerprint density at radius 1 is 0.565 bits per heavy atom. The highest BCUT2D eigenvalue weighted by Crippen LogP contribution is 2.18. The molecule has 0 bridgehead atoms. The second kappa shape index (κ2) is 27.7. The number of nitrogens with two attached hydrogens (primary N) is 4. The van der Waals surface area contributed by atoms with Crippen molar-refractivity contribution in [2.75, 3.05) is 52.5 Å². The zero-order valence-corrected chi connectivity index (χ0v) is 29.3. The van der Waals surface area contributed by atoms with Gasteiger partial charge in [0, 0.05) is 13.1 Å². The van der Waals surface area contributed by atoms with Gasteiger partial charge in [0.2, 0.25) is 11.8 Å². The molecule has 0 aliphatic carbocycles. The van der Waals surface area contributed by atoms with Crippen molar-refractivity contribution < 1.29 is 19.1 Å². The first kappa shape index (κ1) is 41.6. The number of amides is 2. The molecule has 0 aliphatic heterocycles. The van der Waals surface area contributed by atoms with Gasteiger partial charge >= 0.3 is 0 Å². The van der Waals surface area contributed by atoms with Gasteiger partial charge in [0.25, 0.3) is 0 Å². The van der Waals surface area contributed by atoms with E-state index in [1.807, 2.05) is 34.1 Å². The van der Waals surface area contributed by atoms with E-state index in [2.05, 4.69) is 13.8 Å². The molecule has 1 aromatic carbocycles. The molecule has 46 heavy (non-hydrogen) atoms. The number of nitrogens with zero attached hydrogens (tertiary/aromatic N) is 2. The van der Waals surface area contributed by atoms with Crippen LogP contribution in [0.2, 0.25) is 0 Å². The molecule has 0 unspecified atom stereocenters. The van der Waals surface area contributed by atoms with Crippen molar-refractivity contribution in [2.24, 2.45) is 22.9 Å². The van der Waals surface area contributed by atoms with Gasteiger partial charge in [-0.2, -0.15) is 0 Å². The van der Waals surface area contributed by atoms with Crippen molar-refractivity contribution in [3.05, 3.63) is 24.3 Å². The van der Waals surface area contributed by atoms with Gasteiger partial charge in [0.1, 0.15) is 24.7 Å². The van der Waals surface area contributed by atoms with Crippen LogP contribution in [0, 0.1) is 0 Å². The highest BCUT2D eigenvalue weighted by atomic mass is 16.5. The first-order valence-electron chi connectivity index (χ1n) is 18.2. The Hall–Kier alpha value is -2.40. The number of rotatable bonds is 30. The smallest absolute Gasteiger partial charge is 0.239 e. The molecule has 1 aromatic rings. The maximum Gasteiger partial charge on any atom is 0.239 e. The summed E-state index contributed by atoms with van der Waals surface area (Å²) in [6.45, 7) is 8.77. The second-order valence-corrected chi connectivity index (χ2v) is 12.4. The van der Waals surface area contributed by atoms with Gasteiger partial charge in [0.05, 0.1) is 25.2 Å². The number of unbranched alkanes of at least 4 members (excludes halogenated alkanes) is 10. The van der Waals surface area contributed by atoms with E-state index >= 15 is 0 Å². The monoisotopic (exact) mass is 649 g/mol. The van der Waals surface area contributed by atoms with Gasteiger partial charge in [-0.3, -0.25) is 9.59 Å². The standard InChI is InChI=1S/C36H68N6O4/c1-3-5-7-9-15-25-41(35(43)33(39)17-11-13-23-37)27-29-45-31-19-21-32(22-20-31)46-30-28-42(26-16-10-8-6-4-2)36(44)34(40)18-12-14-24-38/h19-22,33-34H,3-18,23-30,37-40H2,1-2H3/t33-,34-/m0/s1. The Labute approximate surface area is 280 Å². The van der Waals surface area contributed by atoms with Crippen LogP contribution in [0.15, 0.2) is 24.3 Å². The van der Waals surface area contributed by atoms with Crippen molar-refractivity contribution >= 4 is 11.8 Å². The van der Waals surface area contributed by atoms with E-state index in [1.165, 1.54) is 38.5 Å². The molecule has 10 nitrogen and oxygen atoms in total. The molecule has 8 N–H and O–H groups in total. The van der Waals surface area contributed by atoms with Crippen LogP contribution in [-0.2, 0) is 9.59 Å². The average molecular weight is 649 g/mol. The van der Waals surface area contributed by atoms with Crippen LogP contribution < -0.4 is 32.4 Å². The van der Waals surface area contributed by atoms with E-state index in [0.717, 1.165) is 51.4 Å². The maximum atomic E-state index is 13.1. The van der Waals surface area contributed by atoms with Crippen LogP contribution in [0.1, 0.15) is 117 Å². The molecule has 266 valence electrons. The van der Waals surface area contributed by atoms with E-state index in [-0.39, 0.29) is 11.8 Å². The zero-order valence-electron chi connectivity index (χ0n) is 29.3. The summed E-state index contributed by atoms with van der Waals surface area (Å²) < 4.78 is 12.0. The maximum absolute atomic E-state index is 13.1. The van der Waals surface area contributed by atoms with Crippen LogP contribution in [0.5, 0.6) is 11.5 Å². The van der Waals surface area contributed by atoms with Crippen molar-refractivity contribution in [1.82, 2.24) is 9.80 Å². The van der Waals surface area contributed by atoms with E-state index in [0.29, 0.717) is 76.8 Å². The fourth-order valence-corrected chi connectivity index (χ4v) is 5.39.